The summed E-state index contributed by atoms with van der Waals surface area (Å²) in [4.78, 5) is 25.7. The van der Waals surface area contributed by atoms with Gasteiger partial charge in [-0.15, -0.1) is 6.58 Å². The van der Waals surface area contributed by atoms with Gasteiger partial charge in [-0.1, -0.05) is 19.9 Å². The quantitative estimate of drug-likeness (QED) is 0.728. The molecule has 1 unspecified atom stereocenters. The molecule has 0 aromatic carbocycles. The van der Waals surface area contributed by atoms with Crippen LogP contribution in [0, 0.1) is 11.8 Å². The van der Waals surface area contributed by atoms with E-state index < -0.39 is 6.09 Å². The zero-order valence-corrected chi connectivity index (χ0v) is 14.0. The highest BCUT2D eigenvalue weighted by molar-refractivity contribution is 5.82. The highest BCUT2D eigenvalue weighted by atomic mass is 16.6. The van der Waals surface area contributed by atoms with Crippen LogP contribution in [-0.2, 0) is 14.3 Å². The van der Waals surface area contributed by atoms with Crippen LogP contribution >= 0.6 is 0 Å². The molecule has 0 aromatic rings. The van der Waals surface area contributed by atoms with Gasteiger partial charge in [0.1, 0.15) is 12.6 Å². The molecule has 0 aromatic heterocycles. The first-order valence-corrected chi connectivity index (χ1v) is 7.74. The van der Waals surface area contributed by atoms with Crippen molar-refractivity contribution in [1.82, 2.24) is 10.2 Å². The van der Waals surface area contributed by atoms with Gasteiger partial charge in [-0.25, -0.2) is 4.79 Å². The zero-order chi connectivity index (χ0) is 16.7. The molecule has 6 heteroatoms. The number of likely N-dealkylation sites (tertiary alicyclic amines) is 1. The van der Waals surface area contributed by atoms with Crippen molar-refractivity contribution in [3.63, 3.8) is 0 Å². The Kier molecular flexibility index (Phi) is 7.38. The Hall–Kier alpha value is -1.56. The van der Waals surface area contributed by atoms with Gasteiger partial charge >= 0.3 is 6.09 Å². The van der Waals surface area contributed by atoms with E-state index in [2.05, 4.69) is 11.9 Å². The van der Waals surface area contributed by atoms with E-state index in [1.807, 2.05) is 26.8 Å². The molecule has 0 saturated carbocycles. The number of hydrogen-bond acceptors (Lipinski definition) is 4. The first-order chi connectivity index (χ1) is 10.4. The molecule has 1 saturated heterocycles. The number of nitrogens with zero attached hydrogens (tertiary/aromatic N) is 1. The molecule has 1 heterocycles. The maximum atomic E-state index is 12.3. The van der Waals surface area contributed by atoms with Crippen LogP contribution in [0.5, 0.6) is 0 Å². The van der Waals surface area contributed by atoms with Gasteiger partial charge in [-0.3, -0.25) is 4.79 Å². The van der Waals surface area contributed by atoms with E-state index in [4.69, 9.17) is 9.47 Å². The zero-order valence-electron chi connectivity index (χ0n) is 14.0. The summed E-state index contributed by atoms with van der Waals surface area (Å²) in [5, 5.41) is 2.52. The lowest BCUT2D eigenvalue weighted by Gasteiger charge is -2.24. The van der Waals surface area contributed by atoms with Crippen LogP contribution in [0.25, 0.3) is 0 Å². The van der Waals surface area contributed by atoms with Gasteiger partial charge in [-0.05, 0) is 25.2 Å². The van der Waals surface area contributed by atoms with Crippen LogP contribution in [0.3, 0.4) is 0 Å². The summed E-state index contributed by atoms with van der Waals surface area (Å²) in [5.41, 5.74) is 0. The summed E-state index contributed by atoms with van der Waals surface area (Å²) in [7, 11) is 1.62. The average Bonchev–Trinajstić information content (AvgIpc) is 2.88. The third-order valence-electron chi connectivity index (χ3n) is 4.08. The van der Waals surface area contributed by atoms with E-state index in [1.165, 1.54) is 0 Å². The molecule has 1 fully saturated rings. The van der Waals surface area contributed by atoms with E-state index in [9.17, 15) is 9.59 Å². The van der Waals surface area contributed by atoms with Crippen molar-refractivity contribution in [3.05, 3.63) is 12.7 Å². The molecule has 126 valence electrons. The van der Waals surface area contributed by atoms with Gasteiger partial charge in [0.2, 0.25) is 5.91 Å². The van der Waals surface area contributed by atoms with Gasteiger partial charge in [0, 0.05) is 13.7 Å². The van der Waals surface area contributed by atoms with E-state index in [1.54, 1.807) is 12.0 Å². The fourth-order valence-electron chi connectivity index (χ4n) is 2.38. The number of hydrogen-bond donors (Lipinski definition) is 1. The van der Waals surface area contributed by atoms with E-state index >= 15 is 0 Å². The smallest absolute Gasteiger partial charge is 0.407 e. The van der Waals surface area contributed by atoms with Crippen molar-refractivity contribution in [2.75, 3.05) is 26.8 Å². The fourth-order valence-corrected chi connectivity index (χ4v) is 2.38. The molecule has 1 aliphatic rings. The number of nitrogens with one attached hydrogen (secondary N) is 1. The van der Waals surface area contributed by atoms with E-state index in [0.717, 1.165) is 6.42 Å². The van der Waals surface area contributed by atoms with Crippen LogP contribution in [0.4, 0.5) is 4.79 Å². The van der Waals surface area contributed by atoms with Crippen LogP contribution in [-0.4, -0.2) is 55.9 Å². The Morgan fingerprint density at radius 2 is 2.09 bits per heavy atom. The number of alkyl carbamates (subject to hydrolysis) is 1. The number of amides is 2. The highest BCUT2D eigenvalue weighted by Gasteiger charge is 2.33. The van der Waals surface area contributed by atoms with Crippen molar-refractivity contribution in [1.29, 1.82) is 0 Å². The minimum absolute atomic E-state index is 0.0351. The Bertz CT molecular complexity index is 398. The van der Waals surface area contributed by atoms with Crippen molar-refractivity contribution in [3.8, 4) is 0 Å². The lowest BCUT2D eigenvalue weighted by molar-refractivity contribution is -0.132. The van der Waals surface area contributed by atoms with Crippen molar-refractivity contribution < 1.29 is 19.1 Å². The normalized spacial score (nSPS) is 22.5. The Morgan fingerprint density at radius 3 is 2.64 bits per heavy atom. The van der Waals surface area contributed by atoms with Crippen LogP contribution in [0.1, 0.15) is 27.2 Å². The predicted molar refractivity (Wildman–Crippen MR) is 84.5 cm³/mol. The van der Waals surface area contributed by atoms with Crippen molar-refractivity contribution in [2.45, 2.75) is 39.3 Å². The summed E-state index contributed by atoms with van der Waals surface area (Å²) in [6.45, 7) is 10.6. The second-order valence-electron chi connectivity index (χ2n) is 6.09. The van der Waals surface area contributed by atoms with Crippen molar-refractivity contribution in [2.24, 2.45) is 11.8 Å². The topological polar surface area (TPSA) is 67.9 Å². The second kappa shape index (κ2) is 8.78. The third-order valence-corrected chi connectivity index (χ3v) is 4.08. The van der Waals surface area contributed by atoms with Gasteiger partial charge in [0.25, 0.3) is 0 Å². The summed E-state index contributed by atoms with van der Waals surface area (Å²) in [6, 6.07) is 0.0351. The largest absolute Gasteiger partial charge is 0.446 e. The second-order valence-corrected chi connectivity index (χ2v) is 6.09. The Balaban J connectivity index is 2.46. The predicted octanol–water partition coefficient (Wildman–Crippen LogP) is 1.81. The van der Waals surface area contributed by atoms with Crippen LogP contribution < -0.4 is 5.32 Å². The SMILES string of the molecule is C=C[C@@H]1C[C@@H](COC)N(C(=O)CNC(=O)OC(C)C(C)C)C1. The lowest BCUT2D eigenvalue weighted by atomic mass is 10.1. The number of carbonyl (C=O) groups excluding carboxylic acids is 2. The molecule has 1 aliphatic heterocycles. The number of rotatable bonds is 7. The summed E-state index contributed by atoms with van der Waals surface area (Å²) in [6.07, 6.45) is 1.96. The summed E-state index contributed by atoms with van der Waals surface area (Å²) < 4.78 is 10.3. The minimum Gasteiger partial charge on any atom is -0.446 e. The van der Waals surface area contributed by atoms with Gasteiger partial charge < -0.3 is 19.7 Å². The molecule has 0 radical (unpaired) electrons. The Labute approximate surface area is 132 Å². The number of carbonyl (C=O) groups is 2. The van der Waals surface area contributed by atoms with Crippen molar-refractivity contribution >= 4 is 12.0 Å². The van der Waals surface area contributed by atoms with E-state index in [-0.39, 0.29) is 36.4 Å². The van der Waals surface area contributed by atoms with Crippen LogP contribution in [0.15, 0.2) is 12.7 Å². The first kappa shape index (κ1) is 18.5. The highest BCUT2D eigenvalue weighted by Crippen LogP contribution is 2.24. The Morgan fingerprint density at radius 1 is 1.41 bits per heavy atom. The molecule has 0 bridgehead atoms. The van der Waals surface area contributed by atoms with Crippen LogP contribution in [0.2, 0.25) is 0 Å². The molecule has 6 nitrogen and oxygen atoms in total. The first-order valence-electron chi connectivity index (χ1n) is 7.74. The summed E-state index contributed by atoms with van der Waals surface area (Å²) >= 11 is 0. The standard InChI is InChI=1S/C16H28N2O4/c1-6-13-7-14(10-21-5)18(9-13)15(19)8-17-16(20)22-12(4)11(2)3/h6,11-14H,1,7-10H2,2-5H3,(H,17,20)/t12?,13-,14+/m1/s1. The number of methoxy groups -OCH3 is 1. The fraction of sp³-hybridized carbons (Fsp3) is 0.750. The summed E-state index contributed by atoms with van der Waals surface area (Å²) in [5.74, 6) is 0.386. The molecule has 1 N–H and O–H groups in total. The molecule has 2 amide bonds. The van der Waals surface area contributed by atoms with Gasteiger partial charge in [0.05, 0.1) is 12.6 Å². The molecular weight excluding hydrogens is 284 g/mol. The average molecular weight is 312 g/mol. The van der Waals surface area contributed by atoms with E-state index in [0.29, 0.717) is 13.2 Å². The molecule has 0 aliphatic carbocycles. The third kappa shape index (κ3) is 5.33. The molecule has 1 rings (SSSR count). The lowest BCUT2D eigenvalue weighted by Crippen LogP contribution is -2.44. The van der Waals surface area contributed by atoms with Gasteiger partial charge in [-0.2, -0.15) is 0 Å². The molecule has 0 spiro atoms. The van der Waals surface area contributed by atoms with Gasteiger partial charge in [0.15, 0.2) is 0 Å². The molecule has 3 atom stereocenters. The molecular formula is C16H28N2O4. The molecule has 22 heavy (non-hydrogen) atoms. The maximum Gasteiger partial charge on any atom is 0.407 e. The number of ether oxygens (including phenoxy) is 2. The minimum atomic E-state index is -0.558. The monoisotopic (exact) mass is 312 g/mol. The maximum absolute atomic E-state index is 12.3.